The average Bonchev–Trinajstić information content (AvgIpc) is 3.52. The second-order valence-electron chi connectivity index (χ2n) is 9.41. The largest absolute Gasteiger partial charge is 0.490 e. The zero-order valence-electron chi connectivity index (χ0n) is 20.7. The number of nitrogens with one attached hydrogen (secondary N) is 1. The van der Waals surface area contributed by atoms with Crippen molar-refractivity contribution >= 4 is 28.9 Å². The summed E-state index contributed by atoms with van der Waals surface area (Å²) in [6, 6.07) is 15.8. The lowest BCUT2D eigenvalue weighted by molar-refractivity contribution is 0.0601. The fraction of sp³-hybridized carbons (Fsp3) is 0.321. The van der Waals surface area contributed by atoms with Crippen LogP contribution in [0.4, 0.5) is 11.6 Å². The van der Waals surface area contributed by atoms with Gasteiger partial charge >= 0.3 is 5.97 Å². The van der Waals surface area contributed by atoms with Crippen LogP contribution in [0.15, 0.2) is 60.1 Å². The van der Waals surface area contributed by atoms with Crippen molar-refractivity contribution in [3.63, 3.8) is 0 Å². The van der Waals surface area contributed by atoms with E-state index in [2.05, 4.69) is 24.1 Å². The molecule has 1 N–H and O–H groups in total. The second-order valence-corrected chi connectivity index (χ2v) is 10.4. The average molecular weight is 503 g/mol. The van der Waals surface area contributed by atoms with Crippen molar-refractivity contribution in [2.24, 2.45) is 5.92 Å². The molecule has 1 aromatic carbocycles. The smallest absolute Gasteiger partial charge is 0.341 e. The molecule has 0 saturated heterocycles. The third-order valence-electron chi connectivity index (χ3n) is 6.16. The number of hydrogen-bond donors (Lipinski definition) is 1. The maximum absolute atomic E-state index is 12.6. The van der Waals surface area contributed by atoms with E-state index in [-0.39, 0.29) is 0 Å². The molecule has 0 radical (unpaired) electrons. The molecule has 7 nitrogen and oxygen atoms in total. The third kappa shape index (κ3) is 5.28. The molecule has 1 saturated carbocycles. The predicted octanol–water partition coefficient (Wildman–Crippen LogP) is 6.66. The molecule has 1 fully saturated rings. The number of anilines is 2. The molecule has 1 aliphatic carbocycles. The number of benzene rings is 1. The molecule has 0 aliphatic heterocycles. The van der Waals surface area contributed by atoms with E-state index in [0.29, 0.717) is 29.2 Å². The lowest BCUT2D eigenvalue weighted by Gasteiger charge is -2.26. The number of methoxy groups -OCH3 is 1. The molecule has 8 heteroatoms. The van der Waals surface area contributed by atoms with Gasteiger partial charge in [0.05, 0.1) is 18.9 Å². The molecule has 36 heavy (non-hydrogen) atoms. The lowest BCUT2D eigenvalue weighted by Crippen LogP contribution is -2.24. The number of hydrogen-bond acceptors (Lipinski definition) is 7. The van der Waals surface area contributed by atoms with Crippen LogP contribution in [0.5, 0.6) is 5.75 Å². The summed E-state index contributed by atoms with van der Waals surface area (Å²) in [5.74, 6) is 1.86. The Morgan fingerprint density at radius 3 is 2.75 bits per heavy atom. The van der Waals surface area contributed by atoms with E-state index in [9.17, 15) is 4.79 Å². The molecule has 3 aromatic heterocycles. The molecule has 0 unspecified atom stereocenters. The molecule has 186 valence electrons. The summed E-state index contributed by atoms with van der Waals surface area (Å²) in [5, 5.41) is 10.1. The first-order chi connectivity index (χ1) is 17.5. The van der Waals surface area contributed by atoms with Crippen molar-refractivity contribution in [1.82, 2.24) is 14.8 Å². The maximum Gasteiger partial charge on any atom is 0.341 e. The number of pyridine rings is 1. The molecule has 0 atom stereocenters. The number of ether oxygens (including phenoxy) is 2. The van der Waals surface area contributed by atoms with Crippen LogP contribution in [-0.2, 0) is 11.2 Å². The summed E-state index contributed by atoms with van der Waals surface area (Å²) >= 11 is 1.59. The topological polar surface area (TPSA) is 78.3 Å². The lowest BCUT2D eigenvalue weighted by atomic mass is 9.96. The first kappa shape index (κ1) is 24.1. The van der Waals surface area contributed by atoms with Crippen LogP contribution < -0.4 is 10.1 Å². The number of carbonyl (C=O) groups excluding carboxylic acids is 1. The summed E-state index contributed by atoms with van der Waals surface area (Å²) in [6.45, 7) is 4.36. The van der Waals surface area contributed by atoms with E-state index >= 15 is 0 Å². The Kier molecular flexibility index (Phi) is 7.04. The zero-order chi connectivity index (χ0) is 25.1. The van der Waals surface area contributed by atoms with Gasteiger partial charge in [-0.15, -0.1) is 16.4 Å². The summed E-state index contributed by atoms with van der Waals surface area (Å²) in [4.78, 5) is 18.2. The standard InChI is InChI=1S/C28H30N4O3S/c1-18(2)13-21-16-26(31-32(21)20-7-4-10-23(15-20)35-22-8-5-9-22)30-27-24(28(33)34-3)14-19(17-29-27)25-11-6-12-36-25/h4,6-7,10-12,14-18,22H,5,8-9,13H2,1-3H3,(H,29,30,31). The van der Waals surface area contributed by atoms with Crippen molar-refractivity contribution in [3.05, 3.63) is 71.4 Å². The van der Waals surface area contributed by atoms with Crippen LogP contribution in [0.1, 0.15) is 49.2 Å². The van der Waals surface area contributed by atoms with Gasteiger partial charge in [0.1, 0.15) is 17.1 Å². The van der Waals surface area contributed by atoms with Crippen molar-refractivity contribution in [1.29, 1.82) is 0 Å². The van der Waals surface area contributed by atoms with E-state index in [4.69, 9.17) is 14.6 Å². The number of thiophene rings is 1. The van der Waals surface area contributed by atoms with Crippen molar-refractivity contribution in [3.8, 4) is 21.9 Å². The summed E-state index contributed by atoms with van der Waals surface area (Å²) in [6.07, 6.45) is 6.36. The third-order valence-corrected chi connectivity index (χ3v) is 7.08. The van der Waals surface area contributed by atoms with Gasteiger partial charge in [-0.2, -0.15) is 0 Å². The van der Waals surface area contributed by atoms with Gasteiger partial charge in [-0.1, -0.05) is 26.0 Å². The quantitative estimate of drug-likeness (QED) is 0.258. The number of carbonyl (C=O) groups is 1. The minimum absolute atomic E-state index is 0.310. The van der Waals surface area contributed by atoms with Crippen LogP contribution >= 0.6 is 11.3 Å². The molecular weight excluding hydrogens is 472 g/mol. The molecule has 0 amide bonds. The van der Waals surface area contributed by atoms with E-state index < -0.39 is 5.97 Å². The normalized spacial score (nSPS) is 13.4. The Balaban J connectivity index is 1.47. The zero-order valence-corrected chi connectivity index (χ0v) is 21.5. The van der Waals surface area contributed by atoms with Gasteiger partial charge in [0.15, 0.2) is 5.82 Å². The highest BCUT2D eigenvalue weighted by molar-refractivity contribution is 7.13. The maximum atomic E-state index is 12.6. The Morgan fingerprint density at radius 1 is 1.19 bits per heavy atom. The predicted molar refractivity (Wildman–Crippen MR) is 143 cm³/mol. The van der Waals surface area contributed by atoms with Crippen LogP contribution in [-0.4, -0.2) is 33.9 Å². The Labute approximate surface area is 215 Å². The fourth-order valence-electron chi connectivity index (χ4n) is 4.17. The molecule has 0 spiro atoms. The Bertz CT molecular complexity index is 1340. The number of aromatic nitrogens is 3. The Hall–Kier alpha value is -3.65. The minimum atomic E-state index is -0.453. The van der Waals surface area contributed by atoms with Crippen molar-refractivity contribution < 1.29 is 14.3 Å². The highest BCUT2D eigenvalue weighted by atomic mass is 32.1. The Morgan fingerprint density at radius 2 is 2.06 bits per heavy atom. The van der Waals surface area contributed by atoms with Crippen LogP contribution in [0.25, 0.3) is 16.1 Å². The SMILES string of the molecule is COC(=O)c1cc(-c2cccs2)cnc1Nc1cc(CC(C)C)n(-c2cccc(OC3CCC3)c2)n1. The summed E-state index contributed by atoms with van der Waals surface area (Å²) in [5.41, 5.74) is 3.22. The number of rotatable bonds is 9. The monoisotopic (exact) mass is 502 g/mol. The van der Waals surface area contributed by atoms with Gasteiger partial charge in [0, 0.05) is 34.5 Å². The van der Waals surface area contributed by atoms with Gasteiger partial charge in [0.25, 0.3) is 0 Å². The van der Waals surface area contributed by atoms with Gasteiger partial charge < -0.3 is 14.8 Å². The highest BCUT2D eigenvalue weighted by Crippen LogP contribution is 2.30. The van der Waals surface area contributed by atoms with Gasteiger partial charge in [-0.3, -0.25) is 0 Å². The minimum Gasteiger partial charge on any atom is -0.490 e. The summed E-state index contributed by atoms with van der Waals surface area (Å²) < 4.78 is 13.1. The first-order valence-corrected chi connectivity index (χ1v) is 13.1. The summed E-state index contributed by atoms with van der Waals surface area (Å²) in [7, 11) is 1.37. The van der Waals surface area contributed by atoms with Crippen molar-refractivity contribution in [2.45, 2.75) is 45.6 Å². The number of esters is 1. The van der Waals surface area contributed by atoms with E-state index in [1.54, 1.807) is 23.6 Å². The van der Waals surface area contributed by atoms with Gasteiger partial charge in [-0.25, -0.2) is 14.5 Å². The van der Waals surface area contributed by atoms with Gasteiger partial charge in [-0.05, 0) is 61.2 Å². The number of nitrogens with zero attached hydrogens (tertiary/aromatic N) is 3. The molecule has 1 aliphatic rings. The van der Waals surface area contributed by atoms with Crippen LogP contribution in [0.3, 0.4) is 0 Å². The molecular formula is C28H30N4O3S. The van der Waals surface area contributed by atoms with E-state index in [1.165, 1.54) is 13.5 Å². The van der Waals surface area contributed by atoms with Crippen molar-refractivity contribution in [2.75, 3.05) is 12.4 Å². The fourth-order valence-corrected chi connectivity index (χ4v) is 4.88. The second kappa shape index (κ2) is 10.5. The highest BCUT2D eigenvalue weighted by Gasteiger charge is 2.21. The first-order valence-electron chi connectivity index (χ1n) is 12.3. The molecule has 3 heterocycles. The molecule has 4 aromatic rings. The molecule has 0 bridgehead atoms. The van der Waals surface area contributed by atoms with Crippen LogP contribution in [0.2, 0.25) is 0 Å². The van der Waals surface area contributed by atoms with Gasteiger partial charge in [0.2, 0.25) is 0 Å². The van der Waals surface area contributed by atoms with E-state index in [0.717, 1.165) is 46.8 Å². The molecule has 5 rings (SSSR count). The van der Waals surface area contributed by atoms with E-state index in [1.807, 2.05) is 52.5 Å². The van der Waals surface area contributed by atoms with Crippen LogP contribution in [0, 0.1) is 5.92 Å².